The molecule has 1 heterocycles. The molecular formula is C14H17FN2O2. The number of ketones is 1. The average Bonchev–Trinajstić information content (AvgIpc) is 2.48. The summed E-state index contributed by atoms with van der Waals surface area (Å²) in [6, 6.07) is 2.23. The molecule has 1 unspecified atom stereocenters. The van der Waals surface area contributed by atoms with Crippen LogP contribution in [0.3, 0.4) is 0 Å². The number of aryl methyl sites for hydroxylation is 1. The van der Waals surface area contributed by atoms with E-state index in [2.05, 4.69) is 0 Å². The normalized spacial score (nSPS) is 22.2. The lowest BCUT2D eigenvalue weighted by atomic mass is 9.89. The molecule has 0 aromatic heterocycles. The smallest absolute Gasteiger partial charge is 0.240 e. The third-order valence-electron chi connectivity index (χ3n) is 3.74. The molecule has 1 atom stereocenters. The molecule has 1 aliphatic rings. The van der Waals surface area contributed by atoms with Gasteiger partial charge >= 0.3 is 0 Å². The van der Waals surface area contributed by atoms with Gasteiger partial charge in [-0.25, -0.2) is 4.39 Å². The summed E-state index contributed by atoms with van der Waals surface area (Å²) in [6.07, 6.45) is 0. The van der Waals surface area contributed by atoms with E-state index in [-0.39, 0.29) is 17.4 Å². The van der Waals surface area contributed by atoms with E-state index in [9.17, 15) is 14.0 Å². The van der Waals surface area contributed by atoms with Gasteiger partial charge in [-0.2, -0.15) is 0 Å². The number of nitrogens with zero attached hydrogens (tertiary/aromatic N) is 1. The van der Waals surface area contributed by atoms with E-state index in [1.54, 1.807) is 33.8 Å². The van der Waals surface area contributed by atoms with Crippen LogP contribution in [0.15, 0.2) is 12.1 Å². The van der Waals surface area contributed by atoms with Gasteiger partial charge in [0.2, 0.25) is 5.91 Å². The van der Waals surface area contributed by atoms with Crippen molar-refractivity contribution in [3.8, 4) is 0 Å². The Morgan fingerprint density at radius 3 is 2.32 bits per heavy atom. The van der Waals surface area contributed by atoms with Gasteiger partial charge in [0.15, 0.2) is 5.78 Å². The van der Waals surface area contributed by atoms with E-state index in [1.807, 2.05) is 0 Å². The van der Waals surface area contributed by atoms with Crippen LogP contribution in [0.4, 0.5) is 15.8 Å². The van der Waals surface area contributed by atoms with Crippen molar-refractivity contribution in [1.82, 2.24) is 0 Å². The van der Waals surface area contributed by atoms with Gasteiger partial charge in [0, 0.05) is 5.69 Å². The largest absolute Gasteiger partial charge is 0.396 e. The number of hydrogen-bond donors (Lipinski definition) is 1. The summed E-state index contributed by atoms with van der Waals surface area (Å²) in [5.41, 5.74) is 5.48. The third kappa shape index (κ3) is 1.80. The van der Waals surface area contributed by atoms with Gasteiger partial charge in [0.05, 0.1) is 11.7 Å². The summed E-state index contributed by atoms with van der Waals surface area (Å²) in [6.45, 7) is 6.50. The van der Waals surface area contributed by atoms with Gasteiger partial charge in [-0.05, 0) is 45.4 Å². The molecule has 102 valence electrons. The van der Waals surface area contributed by atoms with Crippen LogP contribution in [0.2, 0.25) is 0 Å². The van der Waals surface area contributed by atoms with E-state index in [0.717, 1.165) is 0 Å². The number of Topliss-reactive ketones (excluding diaryl/α,β-unsaturated/α-hetero) is 1. The summed E-state index contributed by atoms with van der Waals surface area (Å²) >= 11 is 0. The first-order chi connectivity index (χ1) is 8.67. The Morgan fingerprint density at radius 1 is 1.32 bits per heavy atom. The van der Waals surface area contributed by atoms with Crippen molar-refractivity contribution in [1.29, 1.82) is 0 Å². The van der Waals surface area contributed by atoms with Crippen molar-refractivity contribution in [2.45, 2.75) is 33.7 Å². The molecule has 19 heavy (non-hydrogen) atoms. The van der Waals surface area contributed by atoms with Crippen molar-refractivity contribution in [2.24, 2.45) is 5.41 Å². The maximum atomic E-state index is 13.7. The zero-order valence-electron chi connectivity index (χ0n) is 11.5. The van der Waals surface area contributed by atoms with E-state index < -0.39 is 17.3 Å². The van der Waals surface area contributed by atoms with Crippen molar-refractivity contribution >= 4 is 23.1 Å². The van der Waals surface area contributed by atoms with Crippen molar-refractivity contribution in [3.63, 3.8) is 0 Å². The Balaban J connectivity index is 2.54. The average molecular weight is 264 g/mol. The second-order valence-electron chi connectivity index (χ2n) is 5.50. The van der Waals surface area contributed by atoms with Crippen molar-refractivity contribution in [2.75, 3.05) is 10.6 Å². The summed E-state index contributed by atoms with van der Waals surface area (Å²) in [7, 11) is 0. The minimum Gasteiger partial charge on any atom is -0.396 e. The number of carbonyl (C=O) groups excluding carboxylic acids is 2. The molecule has 0 saturated carbocycles. The van der Waals surface area contributed by atoms with E-state index >= 15 is 0 Å². The molecule has 1 saturated heterocycles. The number of nitrogen functional groups attached to an aromatic ring is 1. The van der Waals surface area contributed by atoms with Crippen LogP contribution in [-0.2, 0) is 9.59 Å². The van der Waals surface area contributed by atoms with Crippen molar-refractivity contribution in [3.05, 3.63) is 23.5 Å². The molecule has 0 spiro atoms. The van der Waals surface area contributed by atoms with E-state index in [1.165, 1.54) is 11.0 Å². The lowest BCUT2D eigenvalue weighted by Crippen LogP contribution is -2.34. The number of amides is 1. The zero-order chi connectivity index (χ0) is 14.5. The van der Waals surface area contributed by atoms with Crippen LogP contribution >= 0.6 is 0 Å². The third-order valence-corrected chi connectivity index (χ3v) is 3.74. The summed E-state index contributed by atoms with van der Waals surface area (Å²) in [4.78, 5) is 25.7. The standard InChI is InChI=1S/C14H17FN2O2/c1-7-5-9(6-10(15)11(7)16)17-8(2)12(18)14(3,4)13(17)19/h5-6,8H,16H2,1-4H3. The highest BCUT2D eigenvalue weighted by atomic mass is 19.1. The van der Waals surface area contributed by atoms with Gasteiger partial charge in [-0.15, -0.1) is 0 Å². The molecule has 5 heteroatoms. The van der Waals surface area contributed by atoms with Crippen LogP contribution in [-0.4, -0.2) is 17.7 Å². The van der Waals surface area contributed by atoms with Crippen LogP contribution < -0.4 is 10.6 Å². The second kappa shape index (κ2) is 4.05. The monoisotopic (exact) mass is 264 g/mol. The topological polar surface area (TPSA) is 63.4 Å². The number of benzene rings is 1. The number of rotatable bonds is 1. The quantitative estimate of drug-likeness (QED) is 0.623. The lowest BCUT2D eigenvalue weighted by molar-refractivity contribution is -0.132. The fourth-order valence-corrected chi connectivity index (χ4v) is 2.44. The minimum absolute atomic E-state index is 0.0636. The minimum atomic E-state index is -1.06. The van der Waals surface area contributed by atoms with Gasteiger partial charge in [-0.1, -0.05) is 0 Å². The Hall–Kier alpha value is -1.91. The molecule has 1 aromatic carbocycles. The first kappa shape index (κ1) is 13.5. The van der Waals surface area contributed by atoms with Gasteiger partial charge in [0.1, 0.15) is 11.2 Å². The first-order valence-corrected chi connectivity index (χ1v) is 6.11. The van der Waals surface area contributed by atoms with Crippen LogP contribution in [0, 0.1) is 18.2 Å². The summed E-state index contributed by atoms with van der Waals surface area (Å²) < 4.78 is 13.7. The first-order valence-electron chi connectivity index (χ1n) is 6.11. The van der Waals surface area contributed by atoms with Crippen LogP contribution in [0.5, 0.6) is 0 Å². The molecular weight excluding hydrogens is 247 g/mol. The Labute approximate surface area is 111 Å². The maximum absolute atomic E-state index is 13.7. The molecule has 1 aromatic rings. The highest BCUT2D eigenvalue weighted by Gasteiger charge is 2.51. The van der Waals surface area contributed by atoms with Crippen molar-refractivity contribution < 1.29 is 14.0 Å². The molecule has 4 nitrogen and oxygen atoms in total. The Kier molecular flexibility index (Phi) is 2.88. The summed E-state index contributed by atoms with van der Waals surface area (Å²) in [5, 5.41) is 0. The number of nitrogens with two attached hydrogens (primary N) is 1. The predicted octanol–water partition coefficient (Wildman–Crippen LogP) is 2.05. The van der Waals surface area contributed by atoms with Gasteiger partial charge in [-0.3, -0.25) is 9.59 Å². The molecule has 0 aliphatic carbocycles. The molecule has 1 amide bonds. The number of halogens is 1. The second-order valence-corrected chi connectivity index (χ2v) is 5.50. The SMILES string of the molecule is Cc1cc(N2C(=O)C(C)(C)C(=O)C2C)cc(F)c1N. The number of anilines is 2. The molecule has 0 bridgehead atoms. The number of hydrogen-bond acceptors (Lipinski definition) is 3. The van der Waals surface area contributed by atoms with E-state index in [0.29, 0.717) is 11.3 Å². The van der Waals surface area contributed by atoms with Gasteiger partial charge in [0.25, 0.3) is 0 Å². The zero-order valence-corrected chi connectivity index (χ0v) is 11.5. The van der Waals surface area contributed by atoms with E-state index in [4.69, 9.17) is 5.73 Å². The predicted molar refractivity (Wildman–Crippen MR) is 71.3 cm³/mol. The number of carbonyl (C=O) groups is 2. The fourth-order valence-electron chi connectivity index (χ4n) is 2.44. The molecule has 1 fully saturated rings. The van der Waals surface area contributed by atoms with Gasteiger partial charge < -0.3 is 10.6 Å². The Morgan fingerprint density at radius 2 is 1.89 bits per heavy atom. The molecule has 2 N–H and O–H groups in total. The fraction of sp³-hybridized carbons (Fsp3) is 0.429. The highest BCUT2D eigenvalue weighted by molar-refractivity contribution is 6.22. The summed E-state index contributed by atoms with van der Waals surface area (Å²) in [5.74, 6) is -1.05. The molecule has 1 aliphatic heterocycles. The Bertz CT molecular complexity index is 558. The highest BCUT2D eigenvalue weighted by Crippen LogP contribution is 2.37. The maximum Gasteiger partial charge on any atom is 0.240 e. The molecule has 0 radical (unpaired) electrons. The van der Waals surface area contributed by atoms with Crippen LogP contribution in [0.25, 0.3) is 0 Å². The van der Waals surface area contributed by atoms with Crippen LogP contribution in [0.1, 0.15) is 26.3 Å². The lowest BCUT2D eigenvalue weighted by Gasteiger charge is -2.22. The molecule has 2 rings (SSSR count).